The van der Waals surface area contributed by atoms with Gasteiger partial charge in [-0.05, 0) is 25.2 Å². The van der Waals surface area contributed by atoms with Crippen LogP contribution >= 0.6 is 0 Å². The molecule has 0 aromatic rings. The summed E-state index contributed by atoms with van der Waals surface area (Å²) in [5.41, 5.74) is 1.77. The molecule has 0 saturated carbocycles. The van der Waals surface area contributed by atoms with Crippen molar-refractivity contribution in [2.24, 2.45) is 5.92 Å². The van der Waals surface area contributed by atoms with E-state index in [0.29, 0.717) is 0 Å². The molecule has 1 unspecified atom stereocenters. The molecule has 0 fully saturated rings. The topological polar surface area (TPSA) is 0 Å². The molecule has 0 aromatic carbocycles. The second-order valence-electron chi connectivity index (χ2n) is 4.67. The van der Waals surface area contributed by atoms with E-state index < -0.39 is 0 Å². The van der Waals surface area contributed by atoms with E-state index in [4.69, 9.17) is 0 Å². The normalized spacial score (nSPS) is 16.6. The summed E-state index contributed by atoms with van der Waals surface area (Å²) in [7, 11) is 0. The van der Waals surface area contributed by atoms with Crippen LogP contribution in [0.2, 0.25) is 0 Å². The molecule has 0 aromatic heterocycles. The standard InChI is InChI=1S/C14H26/c1-3-5-7-8-10-13(9-6-4-2)14-11-12-14/h11,13H,3-10,12H2,1-2H3. The van der Waals surface area contributed by atoms with Gasteiger partial charge in [0.1, 0.15) is 0 Å². The summed E-state index contributed by atoms with van der Waals surface area (Å²) in [4.78, 5) is 0. The van der Waals surface area contributed by atoms with Crippen LogP contribution in [0.3, 0.4) is 0 Å². The molecule has 14 heavy (non-hydrogen) atoms. The maximum atomic E-state index is 2.43. The van der Waals surface area contributed by atoms with E-state index in [1.807, 2.05) is 0 Å². The van der Waals surface area contributed by atoms with Gasteiger partial charge in [0.15, 0.2) is 0 Å². The molecular formula is C14H26. The summed E-state index contributed by atoms with van der Waals surface area (Å²) >= 11 is 0. The van der Waals surface area contributed by atoms with Crippen molar-refractivity contribution in [3.8, 4) is 0 Å². The molecule has 0 radical (unpaired) electrons. The molecule has 0 nitrogen and oxygen atoms in total. The van der Waals surface area contributed by atoms with Crippen molar-refractivity contribution in [2.75, 3.05) is 0 Å². The monoisotopic (exact) mass is 194 g/mol. The minimum atomic E-state index is 0.965. The van der Waals surface area contributed by atoms with Crippen LogP contribution < -0.4 is 0 Å². The second-order valence-corrected chi connectivity index (χ2v) is 4.67. The predicted molar refractivity (Wildman–Crippen MR) is 64.5 cm³/mol. The van der Waals surface area contributed by atoms with Gasteiger partial charge in [0.25, 0.3) is 0 Å². The minimum Gasteiger partial charge on any atom is -0.0807 e. The fourth-order valence-electron chi connectivity index (χ4n) is 2.18. The number of unbranched alkanes of at least 4 members (excludes halogenated alkanes) is 4. The lowest BCUT2D eigenvalue weighted by Crippen LogP contribution is -1.98. The molecule has 1 aliphatic carbocycles. The van der Waals surface area contributed by atoms with Crippen LogP contribution in [0, 0.1) is 5.92 Å². The molecule has 0 saturated heterocycles. The number of hydrogen-bond donors (Lipinski definition) is 0. The summed E-state index contributed by atoms with van der Waals surface area (Å²) in [6, 6.07) is 0. The smallest absolute Gasteiger partial charge is 0.0133 e. The zero-order valence-corrected chi connectivity index (χ0v) is 10.0. The largest absolute Gasteiger partial charge is 0.0807 e. The lowest BCUT2D eigenvalue weighted by atomic mass is 9.93. The molecule has 0 aliphatic heterocycles. The highest BCUT2D eigenvalue weighted by Crippen LogP contribution is 2.34. The van der Waals surface area contributed by atoms with Gasteiger partial charge in [-0.2, -0.15) is 0 Å². The van der Waals surface area contributed by atoms with E-state index in [-0.39, 0.29) is 0 Å². The first-order chi connectivity index (χ1) is 6.88. The van der Waals surface area contributed by atoms with Crippen molar-refractivity contribution < 1.29 is 0 Å². The number of rotatable bonds is 9. The van der Waals surface area contributed by atoms with Crippen molar-refractivity contribution in [3.63, 3.8) is 0 Å². The van der Waals surface area contributed by atoms with E-state index in [1.54, 1.807) is 5.57 Å². The summed E-state index contributed by atoms with van der Waals surface area (Å²) in [5, 5.41) is 0. The van der Waals surface area contributed by atoms with Crippen molar-refractivity contribution in [1.82, 2.24) is 0 Å². The van der Waals surface area contributed by atoms with Gasteiger partial charge in [-0.15, -0.1) is 0 Å². The highest BCUT2D eigenvalue weighted by molar-refractivity contribution is 5.24. The van der Waals surface area contributed by atoms with Crippen LogP contribution in [-0.4, -0.2) is 0 Å². The fraction of sp³-hybridized carbons (Fsp3) is 0.857. The third kappa shape index (κ3) is 4.83. The van der Waals surface area contributed by atoms with E-state index in [1.165, 1.54) is 57.8 Å². The lowest BCUT2D eigenvalue weighted by Gasteiger charge is -2.13. The first kappa shape index (κ1) is 11.8. The van der Waals surface area contributed by atoms with Gasteiger partial charge >= 0.3 is 0 Å². The average molecular weight is 194 g/mol. The van der Waals surface area contributed by atoms with Crippen molar-refractivity contribution in [3.05, 3.63) is 11.6 Å². The van der Waals surface area contributed by atoms with Crippen molar-refractivity contribution in [1.29, 1.82) is 0 Å². The summed E-state index contributed by atoms with van der Waals surface area (Å²) in [5.74, 6) is 0.965. The van der Waals surface area contributed by atoms with Crippen LogP contribution in [0.5, 0.6) is 0 Å². The van der Waals surface area contributed by atoms with Crippen LogP contribution in [0.15, 0.2) is 11.6 Å². The maximum absolute atomic E-state index is 2.43. The first-order valence-electron chi connectivity index (χ1n) is 6.57. The number of allylic oxidation sites excluding steroid dienone is 2. The van der Waals surface area contributed by atoms with Gasteiger partial charge in [0.2, 0.25) is 0 Å². The van der Waals surface area contributed by atoms with E-state index in [0.717, 1.165) is 5.92 Å². The maximum Gasteiger partial charge on any atom is -0.0133 e. The summed E-state index contributed by atoms with van der Waals surface area (Å²) < 4.78 is 0. The fourth-order valence-corrected chi connectivity index (χ4v) is 2.18. The molecule has 0 heteroatoms. The Morgan fingerprint density at radius 3 is 2.21 bits per heavy atom. The SMILES string of the molecule is CCCCCCC(CCCC)C1=CC1. The second kappa shape index (κ2) is 7.09. The molecule has 82 valence electrons. The van der Waals surface area contributed by atoms with Crippen molar-refractivity contribution >= 4 is 0 Å². The molecular weight excluding hydrogens is 168 g/mol. The Labute approximate surface area is 89.8 Å². The van der Waals surface area contributed by atoms with Crippen LogP contribution in [0.25, 0.3) is 0 Å². The van der Waals surface area contributed by atoms with Gasteiger partial charge < -0.3 is 0 Å². The molecule has 0 bridgehead atoms. The average Bonchev–Trinajstić information content (AvgIpc) is 3.00. The van der Waals surface area contributed by atoms with Crippen LogP contribution in [-0.2, 0) is 0 Å². The van der Waals surface area contributed by atoms with Crippen molar-refractivity contribution in [2.45, 2.75) is 71.6 Å². The Morgan fingerprint density at radius 1 is 1.00 bits per heavy atom. The molecule has 1 atom stereocenters. The highest BCUT2D eigenvalue weighted by Gasteiger charge is 2.18. The Hall–Kier alpha value is -0.260. The van der Waals surface area contributed by atoms with E-state index in [2.05, 4.69) is 19.9 Å². The van der Waals surface area contributed by atoms with Crippen LogP contribution in [0.4, 0.5) is 0 Å². The zero-order valence-electron chi connectivity index (χ0n) is 10.0. The highest BCUT2D eigenvalue weighted by atomic mass is 14.2. The van der Waals surface area contributed by atoms with Gasteiger partial charge in [-0.3, -0.25) is 0 Å². The quantitative estimate of drug-likeness (QED) is 0.354. The van der Waals surface area contributed by atoms with Gasteiger partial charge in [-0.1, -0.05) is 64.0 Å². The van der Waals surface area contributed by atoms with Gasteiger partial charge in [-0.25, -0.2) is 0 Å². The zero-order chi connectivity index (χ0) is 10.2. The Balaban J connectivity index is 2.06. The van der Waals surface area contributed by atoms with E-state index >= 15 is 0 Å². The molecule has 0 amide bonds. The minimum absolute atomic E-state index is 0.965. The Bertz CT molecular complexity index is 167. The van der Waals surface area contributed by atoms with Crippen LogP contribution in [0.1, 0.15) is 71.6 Å². The Morgan fingerprint density at radius 2 is 1.64 bits per heavy atom. The molecule has 1 rings (SSSR count). The van der Waals surface area contributed by atoms with Gasteiger partial charge in [0, 0.05) is 0 Å². The van der Waals surface area contributed by atoms with E-state index in [9.17, 15) is 0 Å². The predicted octanol–water partition coefficient (Wildman–Crippen LogP) is 5.09. The van der Waals surface area contributed by atoms with Gasteiger partial charge in [0.05, 0.1) is 0 Å². The molecule has 0 N–H and O–H groups in total. The summed E-state index contributed by atoms with van der Waals surface area (Å²) in [6.07, 6.45) is 15.2. The molecule has 0 spiro atoms. The third-order valence-electron chi connectivity index (χ3n) is 3.28. The molecule has 0 heterocycles. The summed E-state index contributed by atoms with van der Waals surface area (Å²) in [6.45, 7) is 4.59. The molecule has 1 aliphatic rings. The first-order valence-corrected chi connectivity index (χ1v) is 6.57. The number of hydrogen-bond acceptors (Lipinski definition) is 0. The Kier molecular flexibility index (Phi) is 5.98. The third-order valence-corrected chi connectivity index (χ3v) is 3.28. The lowest BCUT2D eigenvalue weighted by molar-refractivity contribution is 0.472.